The van der Waals surface area contributed by atoms with Gasteiger partial charge in [-0.2, -0.15) is 0 Å². The Labute approximate surface area is 181 Å². The van der Waals surface area contributed by atoms with E-state index in [4.69, 9.17) is 9.47 Å². The van der Waals surface area contributed by atoms with E-state index >= 15 is 0 Å². The predicted octanol–water partition coefficient (Wildman–Crippen LogP) is 2.42. The van der Waals surface area contributed by atoms with Gasteiger partial charge >= 0.3 is 0 Å². The highest BCUT2D eigenvalue weighted by Crippen LogP contribution is 2.30. The summed E-state index contributed by atoms with van der Waals surface area (Å²) in [5, 5.41) is 8.59. The number of ether oxygens (including phenoxy) is 2. The molecule has 0 radical (unpaired) electrons. The van der Waals surface area contributed by atoms with Gasteiger partial charge in [0.15, 0.2) is 23.6 Å². The first-order valence-electron chi connectivity index (χ1n) is 10.5. The van der Waals surface area contributed by atoms with Crippen molar-refractivity contribution in [2.24, 2.45) is 4.99 Å². The van der Waals surface area contributed by atoms with Crippen molar-refractivity contribution in [2.75, 3.05) is 32.8 Å². The number of aliphatic imine (C=N–C) groups is 1. The Hall–Kier alpha value is -2.74. The van der Waals surface area contributed by atoms with Crippen LogP contribution in [0.3, 0.4) is 0 Å². The first kappa shape index (κ1) is 20.5. The number of carbonyl (C=O) groups excluding carboxylic acids is 1. The predicted molar refractivity (Wildman–Crippen MR) is 118 cm³/mol. The van der Waals surface area contributed by atoms with E-state index in [0.29, 0.717) is 32.1 Å². The number of nitrogens with zero attached hydrogens (tertiary/aromatic N) is 2. The Morgan fingerprint density at radius 2 is 2.13 bits per heavy atom. The molecule has 0 spiro atoms. The number of para-hydroxylation sites is 2. The molecule has 160 valence electrons. The molecule has 8 heteroatoms. The number of amides is 1. The third kappa shape index (κ3) is 5.05. The van der Waals surface area contributed by atoms with Crippen LogP contribution in [0.15, 0.2) is 40.7 Å². The van der Waals surface area contributed by atoms with E-state index in [1.807, 2.05) is 36.1 Å². The molecule has 30 heavy (non-hydrogen) atoms. The lowest BCUT2D eigenvalue weighted by Gasteiger charge is -2.27. The molecule has 2 aromatic rings. The number of hydrogen-bond donors (Lipinski definition) is 2. The number of benzene rings is 1. The maximum atomic E-state index is 12.6. The van der Waals surface area contributed by atoms with Gasteiger partial charge in [0, 0.05) is 37.5 Å². The first-order chi connectivity index (χ1) is 14.7. The van der Waals surface area contributed by atoms with Crippen molar-refractivity contribution in [1.82, 2.24) is 15.5 Å². The number of hydrogen-bond acceptors (Lipinski definition) is 5. The Morgan fingerprint density at radius 3 is 3.00 bits per heavy atom. The zero-order valence-corrected chi connectivity index (χ0v) is 18.0. The molecule has 2 N–H and O–H groups in total. The number of fused-ring (bicyclic) bond motifs is 2. The van der Waals surface area contributed by atoms with Gasteiger partial charge in [-0.25, -0.2) is 4.99 Å². The molecule has 1 amide bonds. The summed E-state index contributed by atoms with van der Waals surface area (Å²) in [6.07, 6.45) is 1.27. The van der Waals surface area contributed by atoms with Crippen LogP contribution >= 0.6 is 11.3 Å². The van der Waals surface area contributed by atoms with Crippen LogP contribution in [0.25, 0.3) is 0 Å². The summed E-state index contributed by atoms with van der Waals surface area (Å²) in [6.45, 7) is 5.79. The second kappa shape index (κ2) is 9.84. The third-order valence-corrected chi connectivity index (χ3v) is 6.18. The van der Waals surface area contributed by atoms with E-state index in [-0.39, 0.29) is 12.0 Å². The van der Waals surface area contributed by atoms with Crippen LogP contribution in [0, 0.1) is 0 Å². The van der Waals surface area contributed by atoms with E-state index in [1.165, 1.54) is 10.4 Å². The van der Waals surface area contributed by atoms with E-state index in [9.17, 15) is 4.79 Å². The average Bonchev–Trinajstić information content (AvgIpc) is 3.25. The maximum absolute atomic E-state index is 12.6. The van der Waals surface area contributed by atoms with Crippen molar-refractivity contribution in [3.8, 4) is 11.5 Å². The van der Waals surface area contributed by atoms with Crippen molar-refractivity contribution in [1.29, 1.82) is 0 Å². The molecule has 0 fully saturated rings. The highest BCUT2D eigenvalue weighted by atomic mass is 32.1. The number of nitrogens with one attached hydrogen (secondary N) is 2. The van der Waals surface area contributed by atoms with E-state index in [0.717, 1.165) is 37.6 Å². The fourth-order valence-electron chi connectivity index (χ4n) is 3.60. The number of thiophene rings is 1. The molecule has 1 aromatic carbocycles. The van der Waals surface area contributed by atoms with Gasteiger partial charge in [0.25, 0.3) is 0 Å². The van der Waals surface area contributed by atoms with Crippen LogP contribution in [-0.2, 0) is 17.8 Å². The van der Waals surface area contributed by atoms with Crippen LogP contribution in [0.5, 0.6) is 11.5 Å². The Kier molecular flexibility index (Phi) is 6.74. The average molecular weight is 429 g/mol. The zero-order valence-electron chi connectivity index (χ0n) is 17.2. The smallest absolute Gasteiger partial charge is 0.224 e. The minimum atomic E-state index is -0.134. The largest absolute Gasteiger partial charge is 0.486 e. The summed E-state index contributed by atoms with van der Waals surface area (Å²) in [7, 11) is 0. The number of guanidine groups is 1. The van der Waals surface area contributed by atoms with Gasteiger partial charge in [-0.15, -0.1) is 11.3 Å². The first-order valence-corrected chi connectivity index (χ1v) is 11.3. The van der Waals surface area contributed by atoms with Gasteiger partial charge in [-0.05, 0) is 42.5 Å². The molecule has 1 atom stereocenters. The molecule has 0 bridgehead atoms. The van der Waals surface area contributed by atoms with E-state index in [1.54, 1.807) is 11.3 Å². The van der Waals surface area contributed by atoms with Crippen LogP contribution in [0.4, 0.5) is 0 Å². The second-order valence-electron chi connectivity index (χ2n) is 7.33. The molecule has 0 saturated heterocycles. The van der Waals surface area contributed by atoms with Crippen LogP contribution < -0.4 is 20.1 Å². The van der Waals surface area contributed by atoms with Crippen molar-refractivity contribution in [2.45, 2.75) is 32.4 Å². The van der Waals surface area contributed by atoms with Gasteiger partial charge < -0.3 is 25.0 Å². The molecule has 7 nitrogen and oxygen atoms in total. The van der Waals surface area contributed by atoms with E-state index < -0.39 is 0 Å². The van der Waals surface area contributed by atoms with Crippen LogP contribution in [0.1, 0.15) is 23.8 Å². The molecule has 2 aliphatic heterocycles. The van der Waals surface area contributed by atoms with Crippen molar-refractivity contribution < 1.29 is 14.3 Å². The molecule has 1 unspecified atom stereocenters. The molecule has 0 saturated carbocycles. The summed E-state index contributed by atoms with van der Waals surface area (Å²) < 4.78 is 11.7. The third-order valence-electron chi connectivity index (χ3n) is 5.16. The van der Waals surface area contributed by atoms with Gasteiger partial charge in [0.05, 0.1) is 6.54 Å². The summed E-state index contributed by atoms with van der Waals surface area (Å²) >= 11 is 1.79. The molecule has 1 aromatic heterocycles. The fraction of sp³-hybridized carbons (Fsp3) is 0.455. The van der Waals surface area contributed by atoms with Crippen molar-refractivity contribution in [3.05, 3.63) is 46.2 Å². The van der Waals surface area contributed by atoms with Gasteiger partial charge in [-0.3, -0.25) is 4.79 Å². The zero-order chi connectivity index (χ0) is 20.8. The summed E-state index contributed by atoms with van der Waals surface area (Å²) in [4.78, 5) is 20.6. The lowest BCUT2D eigenvalue weighted by molar-refractivity contribution is -0.131. The molecule has 3 heterocycles. The monoisotopic (exact) mass is 428 g/mol. The SMILES string of the molecule is CCNC(=NCC1COc2ccccc2O1)NCCC(=O)N1CCc2sccc2C1. The van der Waals surface area contributed by atoms with Gasteiger partial charge in [-0.1, -0.05) is 12.1 Å². The normalized spacial score (nSPS) is 18.0. The summed E-state index contributed by atoms with van der Waals surface area (Å²) in [5.74, 6) is 2.39. The topological polar surface area (TPSA) is 75.2 Å². The molecule has 0 aliphatic carbocycles. The van der Waals surface area contributed by atoms with Crippen molar-refractivity contribution >= 4 is 23.2 Å². The standard InChI is InChI=1S/C22H28N4O3S/c1-2-23-22(25-13-17-15-28-18-5-3-4-6-19(18)29-17)24-10-7-21(27)26-11-8-20-16(14-26)9-12-30-20/h3-6,9,12,17H,2,7-8,10-11,13-15H2,1H3,(H2,23,24,25). The van der Waals surface area contributed by atoms with Crippen molar-refractivity contribution in [3.63, 3.8) is 0 Å². The Morgan fingerprint density at radius 1 is 1.27 bits per heavy atom. The van der Waals surface area contributed by atoms with Crippen LogP contribution in [-0.4, -0.2) is 55.7 Å². The van der Waals surface area contributed by atoms with Gasteiger partial charge in [0.2, 0.25) is 5.91 Å². The number of rotatable bonds is 6. The maximum Gasteiger partial charge on any atom is 0.224 e. The highest BCUT2D eigenvalue weighted by Gasteiger charge is 2.22. The van der Waals surface area contributed by atoms with Crippen LogP contribution in [0.2, 0.25) is 0 Å². The lowest BCUT2D eigenvalue weighted by atomic mass is 10.1. The lowest BCUT2D eigenvalue weighted by Crippen LogP contribution is -2.42. The van der Waals surface area contributed by atoms with E-state index in [2.05, 4.69) is 27.1 Å². The molecular formula is C22H28N4O3S. The summed E-state index contributed by atoms with van der Waals surface area (Å²) in [6, 6.07) is 9.79. The highest BCUT2D eigenvalue weighted by molar-refractivity contribution is 7.10. The molecular weight excluding hydrogens is 400 g/mol. The Bertz CT molecular complexity index is 898. The minimum Gasteiger partial charge on any atom is -0.486 e. The fourth-order valence-corrected chi connectivity index (χ4v) is 4.48. The summed E-state index contributed by atoms with van der Waals surface area (Å²) in [5.41, 5.74) is 1.29. The second-order valence-corrected chi connectivity index (χ2v) is 8.33. The minimum absolute atomic E-state index is 0.134. The molecule has 2 aliphatic rings. The Balaban J connectivity index is 1.24. The molecule has 4 rings (SSSR count). The number of carbonyl (C=O) groups is 1. The quantitative estimate of drug-likeness (QED) is 0.546. The van der Waals surface area contributed by atoms with Gasteiger partial charge in [0.1, 0.15) is 6.61 Å².